The van der Waals surface area contributed by atoms with Gasteiger partial charge >= 0.3 is 0 Å². The molecule has 3 aromatic heterocycles. The zero-order chi connectivity index (χ0) is 38.6. The van der Waals surface area contributed by atoms with E-state index in [0.29, 0.717) is 22.5 Å². The minimum absolute atomic E-state index is 0.0552. The van der Waals surface area contributed by atoms with E-state index in [0.717, 1.165) is 12.1 Å². The lowest BCUT2D eigenvalue weighted by Gasteiger charge is -2.29. The van der Waals surface area contributed by atoms with Crippen molar-refractivity contribution in [2.75, 3.05) is 5.73 Å². The summed E-state index contributed by atoms with van der Waals surface area (Å²) in [6.45, 7) is 1.71. The highest BCUT2D eigenvalue weighted by Crippen LogP contribution is 2.52. The summed E-state index contributed by atoms with van der Waals surface area (Å²) in [5.74, 6) is -6.73. The number of aryl methyl sites for hydroxylation is 1. The van der Waals surface area contributed by atoms with E-state index in [1.54, 1.807) is 25.2 Å². The number of para-hydroxylation sites is 1. The highest BCUT2D eigenvalue weighted by Gasteiger charge is 2.55. The second-order valence-corrected chi connectivity index (χ2v) is 13.4. The molecule has 0 bridgehead atoms. The molecule has 9 nitrogen and oxygen atoms in total. The summed E-state index contributed by atoms with van der Waals surface area (Å²) in [5.41, 5.74) is 1.39. The quantitative estimate of drug-likeness (QED) is 0.122. The monoisotopic (exact) mass is 745 g/mol. The molecule has 0 unspecified atom stereocenters. The number of benzene rings is 2. The van der Waals surface area contributed by atoms with Crippen LogP contribution in [-0.2, 0) is 36.7 Å². The number of aliphatic hydroxyl groups is 1. The van der Waals surface area contributed by atoms with Crippen LogP contribution in [0.15, 0.2) is 42.6 Å². The van der Waals surface area contributed by atoms with Gasteiger partial charge in [-0.05, 0) is 50.0 Å². The van der Waals surface area contributed by atoms with Gasteiger partial charge in [0.1, 0.15) is 35.2 Å². The third kappa shape index (κ3) is 7.59. The van der Waals surface area contributed by atoms with Crippen LogP contribution in [0, 0.1) is 23.5 Å². The summed E-state index contributed by atoms with van der Waals surface area (Å²) in [6.07, 6.45) is -5.97. The van der Waals surface area contributed by atoms with E-state index in [2.05, 4.69) is 32.0 Å². The van der Waals surface area contributed by atoms with E-state index in [1.807, 2.05) is 0 Å². The normalized spacial score (nSPS) is 15.6. The van der Waals surface area contributed by atoms with Crippen LogP contribution < -0.4 is 5.73 Å². The van der Waals surface area contributed by atoms with Gasteiger partial charge in [-0.2, -0.15) is 19.0 Å². The molecule has 1 aliphatic carbocycles. The van der Waals surface area contributed by atoms with Crippen LogP contribution in [0.2, 0.25) is 0 Å². The lowest BCUT2D eigenvalue weighted by atomic mass is 9.86. The largest absolute Gasteiger partial charge is 0.382 e. The standard InChI is InChI=1S/C36H31F8N7O2/c1-34(2,53)8-7-26-46-16-25(23-5-4-6-24-30(23)50(3)49-33(24)45)28(47-26)19(11-18-12-20(37)15-21(38)13-18)14-22(52)17-51-31-27(29(48-51)32(39)40)35(41,42)9-10-36(31,43)44/h4-6,12-13,15-16,19,32,53H,9-11,14,17H2,1-3H3,(H2,45,49)/t19-/m1/s1. The van der Waals surface area contributed by atoms with E-state index in [-0.39, 0.29) is 39.6 Å². The number of hydrogen-bond donors (Lipinski definition) is 2. The molecular weight excluding hydrogens is 714 g/mol. The van der Waals surface area contributed by atoms with E-state index >= 15 is 8.78 Å². The van der Waals surface area contributed by atoms with Crippen molar-refractivity contribution >= 4 is 22.5 Å². The van der Waals surface area contributed by atoms with E-state index in [1.165, 1.54) is 24.7 Å². The fraction of sp³-hybridized carbons (Fsp3) is 0.361. The average molecular weight is 746 g/mol. The molecule has 0 fully saturated rings. The SMILES string of the molecule is Cn1nc(N)c2cccc(-c3cnc(C#CC(C)(C)O)nc3[C@@H](CC(=O)Cn3nc(C(F)F)c4c3C(F)(F)CCC4(F)F)Cc3cc(F)cc(F)c3)c21. The molecule has 0 radical (unpaired) electrons. The number of ketones is 1. The minimum atomic E-state index is -4.05. The summed E-state index contributed by atoms with van der Waals surface area (Å²) in [7, 11) is 1.63. The molecule has 17 heteroatoms. The van der Waals surface area contributed by atoms with Gasteiger partial charge in [0.2, 0.25) is 5.82 Å². The van der Waals surface area contributed by atoms with Crippen LogP contribution in [-0.4, -0.2) is 46.0 Å². The van der Waals surface area contributed by atoms with Crippen molar-refractivity contribution in [1.29, 1.82) is 0 Å². The summed E-state index contributed by atoms with van der Waals surface area (Å²) >= 11 is 0. The molecule has 0 spiro atoms. The topological polar surface area (TPSA) is 125 Å². The molecule has 5 aromatic rings. The second kappa shape index (κ2) is 13.6. The van der Waals surface area contributed by atoms with Gasteiger partial charge in [0.15, 0.2) is 11.6 Å². The average Bonchev–Trinajstić information content (AvgIpc) is 3.59. The van der Waals surface area contributed by atoms with Crippen molar-refractivity contribution in [1.82, 2.24) is 29.5 Å². The predicted molar refractivity (Wildman–Crippen MR) is 176 cm³/mol. The van der Waals surface area contributed by atoms with Gasteiger partial charge in [-0.25, -0.2) is 36.3 Å². The fourth-order valence-corrected chi connectivity index (χ4v) is 6.59. The molecule has 0 saturated heterocycles. The van der Waals surface area contributed by atoms with Gasteiger partial charge in [-0.3, -0.25) is 14.2 Å². The Labute approximate surface area is 296 Å². The van der Waals surface area contributed by atoms with Gasteiger partial charge in [0.05, 0.1) is 16.8 Å². The van der Waals surface area contributed by atoms with Crippen LogP contribution in [0.3, 0.4) is 0 Å². The van der Waals surface area contributed by atoms with Crippen LogP contribution >= 0.6 is 0 Å². The van der Waals surface area contributed by atoms with E-state index in [9.17, 15) is 36.2 Å². The molecule has 1 atom stereocenters. The van der Waals surface area contributed by atoms with Crippen molar-refractivity contribution in [3.63, 3.8) is 0 Å². The van der Waals surface area contributed by atoms with Crippen molar-refractivity contribution in [2.45, 2.75) is 75.9 Å². The first-order chi connectivity index (χ1) is 24.7. The Bertz CT molecular complexity index is 2280. The number of carbonyl (C=O) groups excluding carboxylic acids is 1. The Hall–Kier alpha value is -5.37. The number of nitrogens with two attached hydrogens (primary N) is 1. The molecule has 3 N–H and O–H groups in total. The van der Waals surface area contributed by atoms with Crippen molar-refractivity contribution < 1.29 is 45.0 Å². The number of aromatic nitrogens is 6. The summed E-state index contributed by atoms with van der Waals surface area (Å²) in [5, 5.41) is 18.4. The molecule has 53 heavy (non-hydrogen) atoms. The van der Waals surface area contributed by atoms with E-state index < -0.39 is 90.0 Å². The number of halogens is 8. The van der Waals surface area contributed by atoms with Crippen molar-refractivity contribution in [2.24, 2.45) is 7.05 Å². The van der Waals surface area contributed by atoms with Crippen LogP contribution in [0.5, 0.6) is 0 Å². The van der Waals surface area contributed by atoms with Crippen LogP contribution in [0.25, 0.3) is 22.0 Å². The second-order valence-electron chi connectivity index (χ2n) is 13.4. The highest BCUT2D eigenvalue weighted by atomic mass is 19.3. The molecule has 1 aliphatic rings. The van der Waals surface area contributed by atoms with Gasteiger partial charge in [-0.15, -0.1) is 0 Å². The lowest BCUT2D eigenvalue weighted by molar-refractivity contribution is -0.121. The Morgan fingerprint density at radius 2 is 1.70 bits per heavy atom. The number of hydrogen-bond acceptors (Lipinski definition) is 7. The van der Waals surface area contributed by atoms with E-state index in [4.69, 9.17) is 5.73 Å². The predicted octanol–water partition coefficient (Wildman–Crippen LogP) is 7.11. The molecule has 0 saturated carbocycles. The van der Waals surface area contributed by atoms with Gasteiger partial charge in [0, 0.05) is 61.0 Å². The number of alkyl halides is 6. The first-order valence-electron chi connectivity index (χ1n) is 16.2. The Balaban J connectivity index is 1.51. The summed E-state index contributed by atoms with van der Waals surface area (Å²) in [4.78, 5) is 22.8. The van der Waals surface area contributed by atoms with Crippen LogP contribution in [0.1, 0.15) is 79.5 Å². The molecule has 2 aromatic carbocycles. The van der Waals surface area contributed by atoms with Gasteiger partial charge in [-0.1, -0.05) is 18.1 Å². The Morgan fingerprint density at radius 3 is 2.36 bits per heavy atom. The third-order valence-electron chi connectivity index (χ3n) is 8.72. The zero-order valence-electron chi connectivity index (χ0n) is 28.4. The number of nitrogens with zero attached hydrogens (tertiary/aromatic N) is 6. The maximum atomic E-state index is 15.1. The number of fused-ring (bicyclic) bond motifs is 2. The molecule has 6 rings (SSSR count). The summed E-state index contributed by atoms with van der Waals surface area (Å²) < 4.78 is 118. The number of Topliss-reactive ketones (excluding diaryl/α,β-unsaturated/α-hetero) is 1. The first-order valence-corrected chi connectivity index (χ1v) is 16.2. The Morgan fingerprint density at radius 1 is 1.02 bits per heavy atom. The van der Waals surface area contributed by atoms with Crippen molar-refractivity contribution in [3.05, 3.63) is 88.3 Å². The Kier molecular flexibility index (Phi) is 9.56. The lowest BCUT2D eigenvalue weighted by Crippen LogP contribution is -2.33. The number of nitrogen functional groups attached to an aromatic ring is 1. The number of rotatable bonds is 9. The maximum absolute atomic E-state index is 15.1. The molecule has 278 valence electrons. The molecule has 0 aliphatic heterocycles. The van der Waals surface area contributed by atoms with Crippen LogP contribution in [0.4, 0.5) is 40.9 Å². The third-order valence-corrected chi connectivity index (χ3v) is 8.72. The van der Waals surface area contributed by atoms with Gasteiger partial charge < -0.3 is 10.8 Å². The molecule has 3 heterocycles. The highest BCUT2D eigenvalue weighted by molar-refractivity contribution is 6.00. The number of carbonyl (C=O) groups is 1. The first kappa shape index (κ1) is 37.4. The smallest absolute Gasteiger partial charge is 0.290 e. The molecular formula is C36H31F8N7O2. The molecule has 0 amide bonds. The summed E-state index contributed by atoms with van der Waals surface area (Å²) in [6, 6.07) is 7.72. The maximum Gasteiger partial charge on any atom is 0.290 e. The van der Waals surface area contributed by atoms with Crippen molar-refractivity contribution in [3.8, 4) is 23.0 Å². The minimum Gasteiger partial charge on any atom is -0.382 e. The van der Waals surface area contributed by atoms with Gasteiger partial charge in [0.25, 0.3) is 18.3 Å². The number of anilines is 1. The zero-order valence-corrected chi connectivity index (χ0v) is 28.4. The fourth-order valence-electron chi connectivity index (χ4n) is 6.59.